The molecule has 0 spiro atoms. The van der Waals surface area contributed by atoms with E-state index in [1.165, 1.54) is 0 Å². The predicted octanol–water partition coefficient (Wildman–Crippen LogP) is 2.70. The quantitative estimate of drug-likeness (QED) is 0.806. The van der Waals surface area contributed by atoms with E-state index in [0.717, 1.165) is 24.0 Å². The van der Waals surface area contributed by atoms with Gasteiger partial charge in [-0.25, -0.2) is 0 Å². The molecule has 0 bridgehead atoms. The van der Waals surface area contributed by atoms with E-state index in [4.69, 9.17) is 10.5 Å². The van der Waals surface area contributed by atoms with Gasteiger partial charge in [-0.05, 0) is 38.3 Å². The molecule has 20 heavy (non-hydrogen) atoms. The van der Waals surface area contributed by atoms with Crippen LogP contribution < -0.4 is 15.8 Å². The van der Waals surface area contributed by atoms with Gasteiger partial charge in [0.1, 0.15) is 5.75 Å². The predicted molar refractivity (Wildman–Crippen MR) is 81.8 cm³/mol. The van der Waals surface area contributed by atoms with Crippen LogP contribution >= 0.6 is 0 Å². The van der Waals surface area contributed by atoms with Gasteiger partial charge in [0.15, 0.2) is 6.61 Å². The summed E-state index contributed by atoms with van der Waals surface area (Å²) in [6.07, 6.45) is 1.86. The van der Waals surface area contributed by atoms with E-state index in [-0.39, 0.29) is 24.6 Å². The molecule has 1 atom stereocenters. The minimum absolute atomic E-state index is 0.0275. The zero-order valence-electron chi connectivity index (χ0n) is 12.9. The number of carbonyl (C=O) groups is 1. The Balaban J connectivity index is 2.65. The maximum atomic E-state index is 11.8. The fraction of sp³-hybridized carbons (Fsp3) is 0.562. The molecule has 1 aromatic carbocycles. The molecular formula is C16H26N2O2. The molecule has 1 aromatic rings. The van der Waals surface area contributed by atoms with Crippen LogP contribution in [-0.4, -0.2) is 18.6 Å². The summed E-state index contributed by atoms with van der Waals surface area (Å²) >= 11 is 0. The average Bonchev–Trinajstić information content (AvgIpc) is 2.42. The first-order chi connectivity index (χ1) is 9.47. The Hall–Kier alpha value is -1.55. The van der Waals surface area contributed by atoms with Crippen LogP contribution in [0.3, 0.4) is 0 Å². The lowest BCUT2D eigenvalue weighted by molar-refractivity contribution is -0.123. The van der Waals surface area contributed by atoms with E-state index in [9.17, 15) is 4.79 Å². The molecule has 0 saturated heterocycles. The maximum absolute atomic E-state index is 11.8. The number of rotatable bonds is 7. The molecule has 4 heteroatoms. The van der Waals surface area contributed by atoms with Crippen molar-refractivity contribution in [3.8, 4) is 5.75 Å². The highest BCUT2D eigenvalue weighted by molar-refractivity contribution is 5.77. The Morgan fingerprint density at radius 3 is 2.55 bits per heavy atom. The van der Waals surface area contributed by atoms with Crippen molar-refractivity contribution >= 4 is 5.91 Å². The first-order valence-electron chi connectivity index (χ1n) is 7.26. The number of nitrogens with two attached hydrogens (primary N) is 1. The van der Waals surface area contributed by atoms with Crippen molar-refractivity contribution < 1.29 is 9.53 Å². The highest BCUT2D eigenvalue weighted by Gasteiger charge is 2.12. The molecular weight excluding hydrogens is 252 g/mol. The van der Waals surface area contributed by atoms with Crippen molar-refractivity contribution in [2.75, 3.05) is 6.61 Å². The van der Waals surface area contributed by atoms with Crippen molar-refractivity contribution in [2.45, 2.75) is 52.6 Å². The van der Waals surface area contributed by atoms with Crippen LogP contribution in [0.25, 0.3) is 0 Å². The molecule has 1 rings (SSSR count). The van der Waals surface area contributed by atoms with E-state index in [1.54, 1.807) is 0 Å². The van der Waals surface area contributed by atoms with Crippen LogP contribution in [0, 0.1) is 6.92 Å². The summed E-state index contributed by atoms with van der Waals surface area (Å²) in [5, 5.41) is 2.95. The summed E-state index contributed by atoms with van der Waals surface area (Å²) in [7, 11) is 0. The molecule has 1 amide bonds. The van der Waals surface area contributed by atoms with Crippen LogP contribution in [-0.2, 0) is 4.79 Å². The summed E-state index contributed by atoms with van der Waals surface area (Å²) in [4.78, 5) is 11.8. The van der Waals surface area contributed by atoms with E-state index in [0.29, 0.717) is 5.75 Å². The minimum Gasteiger partial charge on any atom is -0.483 e. The molecule has 0 unspecified atom stereocenters. The van der Waals surface area contributed by atoms with Crippen molar-refractivity contribution in [2.24, 2.45) is 5.73 Å². The first kappa shape index (κ1) is 16.5. The lowest BCUT2D eigenvalue weighted by Crippen LogP contribution is -2.37. The Morgan fingerprint density at radius 2 is 2.00 bits per heavy atom. The van der Waals surface area contributed by atoms with Crippen molar-refractivity contribution in [1.82, 2.24) is 5.32 Å². The normalized spacial score (nSPS) is 12.3. The van der Waals surface area contributed by atoms with Gasteiger partial charge in [-0.2, -0.15) is 0 Å². The molecule has 112 valence electrons. The summed E-state index contributed by atoms with van der Waals surface area (Å²) in [6, 6.07) is 5.97. The molecule has 0 aromatic heterocycles. The lowest BCUT2D eigenvalue weighted by Gasteiger charge is -2.17. The van der Waals surface area contributed by atoms with Gasteiger partial charge in [-0.1, -0.05) is 26.0 Å². The highest BCUT2D eigenvalue weighted by atomic mass is 16.5. The minimum atomic E-state index is -0.118. The first-order valence-corrected chi connectivity index (χ1v) is 7.26. The Labute approximate surface area is 121 Å². The zero-order chi connectivity index (χ0) is 15.1. The Bertz CT molecular complexity index is 440. The van der Waals surface area contributed by atoms with E-state index >= 15 is 0 Å². The Morgan fingerprint density at radius 1 is 1.35 bits per heavy atom. The van der Waals surface area contributed by atoms with E-state index in [1.807, 2.05) is 32.0 Å². The van der Waals surface area contributed by atoms with Crippen LogP contribution in [0.4, 0.5) is 0 Å². The average molecular weight is 278 g/mol. The largest absolute Gasteiger partial charge is 0.483 e. The number of benzene rings is 1. The number of carbonyl (C=O) groups excluding carboxylic acids is 1. The number of hydrogen-bond donors (Lipinski definition) is 2. The van der Waals surface area contributed by atoms with Crippen LogP contribution in [0.2, 0.25) is 0 Å². The van der Waals surface area contributed by atoms with Crippen LogP contribution in [0.15, 0.2) is 18.2 Å². The second-order valence-corrected chi connectivity index (χ2v) is 5.20. The number of nitrogens with one attached hydrogen (secondary N) is 1. The molecule has 0 aliphatic carbocycles. The molecule has 0 fully saturated rings. The third-order valence-corrected chi connectivity index (χ3v) is 3.37. The second kappa shape index (κ2) is 7.90. The van der Waals surface area contributed by atoms with Gasteiger partial charge in [0.05, 0.1) is 0 Å². The molecule has 0 radical (unpaired) electrons. The van der Waals surface area contributed by atoms with Crippen LogP contribution in [0.5, 0.6) is 5.75 Å². The van der Waals surface area contributed by atoms with Gasteiger partial charge in [-0.3, -0.25) is 4.79 Å². The zero-order valence-corrected chi connectivity index (χ0v) is 12.9. The standard InChI is InChI=1S/C16H26N2O2/c1-5-13(6-2)18-16(19)10-20-15-9-11(3)7-8-14(15)12(4)17/h7-9,12-13H,5-6,10,17H2,1-4H3,(H,18,19)/t12-/m0/s1. The van der Waals surface area contributed by atoms with Crippen molar-refractivity contribution in [3.63, 3.8) is 0 Å². The highest BCUT2D eigenvalue weighted by Crippen LogP contribution is 2.25. The molecule has 4 nitrogen and oxygen atoms in total. The summed E-state index contributed by atoms with van der Waals surface area (Å²) in [5.74, 6) is 0.607. The summed E-state index contributed by atoms with van der Waals surface area (Å²) < 4.78 is 5.64. The smallest absolute Gasteiger partial charge is 0.258 e. The molecule has 3 N–H and O–H groups in total. The SMILES string of the molecule is CCC(CC)NC(=O)COc1cc(C)ccc1[C@H](C)N. The summed E-state index contributed by atoms with van der Waals surface area (Å²) in [5.41, 5.74) is 7.92. The monoisotopic (exact) mass is 278 g/mol. The third kappa shape index (κ3) is 4.85. The van der Waals surface area contributed by atoms with Crippen molar-refractivity contribution in [3.05, 3.63) is 29.3 Å². The second-order valence-electron chi connectivity index (χ2n) is 5.20. The van der Waals surface area contributed by atoms with E-state index in [2.05, 4.69) is 19.2 Å². The number of ether oxygens (including phenoxy) is 1. The van der Waals surface area contributed by atoms with Gasteiger partial charge >= 0.3 is 0 Å². The number of amides is 1. The third-order valence-electron chi connectivity index (χ3n) is 3.37. The van der Waals surface area contributed by atoms with Gasteiger partial charge in [0, 0.05) is 17.6 Å². The Kier molecular flexibility index (Phi) is 6.52. The molecule has 0 heterocycles. The van der Waals surface area contributed by atoms with Crippen molar-refractivity contribution in [1.29, 1.82) is 0 Å². The lowest BCUT2D eigenvalue weighted by atomic mass is 10.1. The van der Waals surface area contributed by atoms with Gasteiger partial charge in [-0.15, -0.1) is 0 Å². The summed E-state index contributed by atoms with van der Waals surface area (Å²) in [6.45, 7) is 8.04. The fourth-order valence-electron chi connectivity index (χ4n) is 2.05. The van der Waals surface area contributed by atoms with Gasteiger partial charge in [0.2, 0.25) is 0 Å². The molecule has 0 aliphatic heterocycles. The maximum Gasteiger partial charge on any atom is 0.258 e. The topological polar surface area (TPSA) is 64.3 Å². The van der Waals surface area contributed by atoms with E-state index < -0.39 is 0 Å². The number of aryl methyl sites for hydroxylation is 1. The molecule has 0 aliphatic rings. The van der Waals surface area contributed by atoms with Gasteiger partial charge < -0.3 is 15.8 Å². The fourth-order valence-corrected chi connectivity index (χ4v) is 2.05. The number of hydrogen-bond acceptors (Lipinski definition) is 3. The van der Waals surface area contributed by atoms with Crippen LogP contribution in [0.1, 0.15) is 50.8 Å². The van der Waals surface area contributed by atoms with Gasteiger partial charge in [0.25, 0.3) is 5.91 Å². The molecule has 0 saturated carbocycles.